The van der Waals surface area contributed by atoms with Gasteiger partial charge in [0, 0.05) is 12.6 Å². The zero-order valence-electron chi connectivity index (χ0n) is 10.6. The Kier molecular flexibility index (Phi) is 5.11. The van der Waals surface area contributed by atoms with Gasteiger partial charge in [-0.05, 0) is 32.9 Å². The van der Waals surface area contributed by atoms with Gasteiger partial charge < -0.3 is 5.32 Å². The summed E-state index contributed by atoms with van der Waals surface area (Å²) in [7, 11) is 0. The second-order valence-corrected chi connectivity index (χ2v) is 4.73. The number of hydrogen-bond donors (Lipinski definition) is 1. The van der Waals surface area contributed by atoms with Crippen molar-refractivity contribution < 1.29 is 26.7 Å². The van der Waals surface area contributed by atoms with Crippen LogP contribution in [0.25, 0.3) is 0 Å². The minimum atomic E-state index is -5.86. The largest absolute Gasteiger partial charge is 0.463 e. The van der Waals surface area contributed by atoms with Gasteiger partial charge in [-0.2, -0.15) is 22.0 Å². The van der Waals surface area contributed by atoms with Crippen molar-refractivity contribution >= 4 is 5.91 Å². The third-order valence-corrected chi connectivity index (χ3v) is 3.21. The van der Waals surface area contributed by atoms with Crippen LogP contribution in [0, 0.1) is 0 Å². The summed E-state index contributed by atoms with van der Waals surface area (Å²) in [5, 5.41) is 1.68. The van der Waals surface area contributed by atoms with Crippen LogP contribution in [0.3, 0.4) is 0 Å². The summed E-state index contributed by atoms with van der Waals surface area (Å²) in [5.41, 5.74) is 0. The fourth-order valence-electron chi connectivity index (χ4n) is 1.97. The average molecular weight is 288 g/mol. The lowest BCUT2D eigenvalue weighted by molar-refractivity contribution is -0.269. The Balaban J connectivity index is 2.45. The van der Waals surface area contributed by atoms with Gasteiger partial charge in [0.2, 0.25) is 0 Å². The van der Waals surface area contributed by atoms with Crippen molar-refractivity contribution in [2.45, 2.75) is 44.3 Å². The molecule has 1 rings (SSSR count). The molecule has 0 aromatic carbocycles. The molecule has 0 bridgehead atoms. The number of amides is 1. The Morgan fingerprint density at radius 3 is 2.16 bits per heavy atom. The van der Waals surface area contributed by atoms with E-state index in [1.165, 1.54) is 0 Å². The van der Waals surface area contributed by atoms with E-state index in [1.54, 1.807) is 12.2 Å². The second kappa shape index (κ2) is 6.02. The van der Waals surface area contributed by atoms with Gasteiger partial charge in [-0.3, -0.25) is 9.69 Å². The van der Waals surface area contributed by atoms with E-state index in [4.69, 9.17) is 0 Å². The summed E-state index contributed by atoms with van der Waals surface area (Å²) >= 11 is 0. The van der Waals surface area contributed by atoms with Crippen LogP contribution in [0.1, 0.15) is 26.2 Å². The normalized spacial score (nSPS) is 20.1. The number of nitrogens with one attached hydrogen (secondary N) is 1. The van der Waals surface area contributed by atoms with Gasteiger partial charge in [0.25, 0.3) is 5.91 Å². The van der Waals surface area contributed by atoms with E-state index >= 15 is 0 Å². The molecule has 0 radical (unpaired) electrons. The van der Waals surface area contributed by atoms with E-state index in [0.717, 1.165) is 32.4 Å². The Labute approximate surface area is 108 Å². The number of likely N-dealkylation sites (tertiary alicyclic amines) is 1. The fourth-order valence-corrected chi connectivity index (χ4v) is 1.97. The fraction of sp³-hybridized carbons (Fsp3) is 0.909. The van der Waals surface area contributed by atoms with Crippen LogP contribution in [0.4, 0.5) is 22.0 Å². The number of carbonyl (C=O) groups is 1. The van der Waals surface area contributed by atoms with Crippen molar-refractivity contribution in [3.05, 3.63) is 0 Å². The van der Waals surface area contributed by atoms with Crippen LogP contribution in [0.2, 0.25) is 0 Å². The summed E-state index contributed by atoms with van der Waals surface area (Å²) in [6, 6.07) is -0.256. The highest BCUT2D eigenvalue weighted by Gasteiger charge is 2.63. The molecular formula is C11H17F5N2O. The topological polar surface area (TPSA) is 32.3 Å². The number of piperidine rings is 1. The second-order valence-electron chi connectivity index (χ2n) is 4.73. The molecule has 8 heteroatoms. The zero-order valence-corrected chi connectivity index (χ0v) is 10.6. The minimum Gasteiger partial charge on any atom is -0.349 e. The van der Waals surface area contributed by atoms with Gasteiger partial charge in [-0.1, -0.05) is 6.42 Å². The number of hydrogen-bond acceptors (Lipinski definition) is 2. The molecular weight excluding hydrogens is 271 g/mol. The Hall–Kier alpha value is -0.920. The molecule has 1 heterocycles. The van der Waals surface area contributed by atoms with Crippen molar-refractivity contribution in [3.63, 3.8) is 0 Å². The van der Waals surface area contributed by atoms with Crippen LogP contribution in [-0.4, -0.2) is 48.6 Å². The van der Waals surface area contributed by atoms with Crippen LogP contribution < -0.4 is 5.32 Å². The lowest BCUT2D eigenvalue weighted by atomic mass is 10.1. The number of rotatable bonds is 4. The van der Waals surface area contributed by atoms with E-state index in [2.05, 4.69) is 0 Å². The summed E-state index contributed by atoms with van der Waals surface area (Å²) in [5.74, 6) is -7.63. The van der Waals surface area contributed by atoms with Crippen molar-refractivity contribution in [3.8, 4) is 0 Å². The number of carbonyl (C=O) groups excluding carboxylic acids is 1. The molecule has 1 N–H and O–H groups in total. The van der Waals surface area contributed by atoms with E-state index < -0.39 is 18.0 Å². The Morgan fingerprint density at radius 2 is 1.68 bits per heavy atom. The number of nitrogens with zero attached hydrogens (tertiary/aromatic N) is 1. The molecule has 0 spiro atoms. The molecule has 1 saturated heterocycles. The van der Waals surface area contributed by atoms with E-state index in [9.17, 15) is 26.7 Å². The minimum absolute atomic E-state index is 0.218. The van der Waals surface area contributed by atoms with Gasteiger partial charge in [0.05, 0.1) is 0 Å². The molecule has 1 aliphatic heterocycles. The number of alkyl halides is 5. The lowest BCUT2D eigenvalue weighted by Gasteiger charge is -2.32. The number of halogens is 5. The summed E-state index contributed by atoms with van der Waals surface area (Å²) in [4.78, 5) is 12.9. The predicted octanol–water partition coefficient (Wildman–Crippen LogP) is 2.17. The Morgan fingerprint density at radius 1 is 1.16 bits per heavy atom. The highest BCUT2D eigenvalue weighted by atomic mass is 19.4. The van der Waals surface area contributed by atoms with Crippen LogP contribution >= 0.6 is 0 Å². The maximum Gasteiger partial charge on any atom is 0.463 e. The average Bonchev–Trinajstić information content (AvgIpc) is 2.35. The zero-order chi connectivity index (χ0) is 14.7. The molecule has 19 heavy (non-hydrogen) atoms. The van der Waals surface area contributed by atoms with E-state index in [-0.39, 0.29) is 12.6 Å². The highest BCUT2D eigenvalue weighted by Crippen LogP contribution is 2.35. The van der Waals surface area contributed by atoms with Crippen molar-refractivity contribution in [2.24, 2.45) is 0 Å². The first-order chi connectivity index (χ1) is 8.66. The maximum atomic E-state index is 12.7. The molecule has 112 valence electrons. The van der Waals surface area contributed by atoms with E-state index in [0.29, 0.717) is 0 Å². The highest BCUT2D eigenvalue weighted by molar-refractivity contribution is 5.84. The van der Waals surface area contributed by atoms with Gasteiger partial charge in [-0.15, -0.1) is 0 Å². The molecule has 1 aliphatic rings. The third-order valence-electron chi connectivity index (χ3n) is 3.21. The molecule has 1 amide bonds. The molecule has 0 aromatic heterocycles. The van der Waals surface area contributed by atoms with Crippen molar-refractivity contribution in [2.75, 3.05) is 19.6 Å². The van der Waals surface area contributed by atoms with Crippen LogP contribution in [0.15, 0.2) is 0 Å². The SMILES string of the molecule is CC(CNC(=O)C(F)(F)C(F)(F)F)N1CCCCC1. The first-order valence-corrected chi connectivity index (χ1v) is 6.13. The molecule has 0 saturated carbocycles. The standard InChI is InChI=1S/C11H17F5N2O/c1-8(18-5-3-2-4-6-18)7-17-9(19)10(12,13)11(14,15)16/h8H,2-7H2,1H3,(H,17,19). The third kappa shape index (κ3) is 4.02. The summed E-state index contributed by atoms with van der Waals surface area (Å²) in [6.07, 6.45) is -2.83. The Bertz CT molecular complexity index is 313. The van der Waals surface area contributed by atoms with Crippen LogP contribution in [0.5, 0.6) is 0 Å². The van der Waals surface area contributed by atoms with Crippen LogP contribution in [-0.2, 0) is 4.79 Å². The molecule has 0 aliphatic carbocycles. The lowest BCUT2D eigenvalue weighted by Crippen LogP contribution is -2.53. The maximum absolute atomic E-state index is 12.7. The first kappa shape index (κ1) is 16.1. The summed E-state index contributed by atoms with van der Waals surface area (Å²) in [6.45, 7) is 3.02. The molecule has 1 atom stereocenters. The monoisotopic (exact) mass is 288 g/mol. The van der Waals surface area contributed by atoms with Gasteiger partial charge in [0.15, 0.2) is 0 Å². The quantitative estimate of drug-likeness (QED) is 0.804. The molecule has 0 aromatic rings. The van der Waals surface area contributed by atoms with Crippen molar-refractivity contribution in [1.29, 1.82) is 0 Å². The van der Waals surface area contributed by atoms with Gasteiger partial charge in [-0.25, -0.2) is 0 Å². The summed E-state index contributed by atoms with van der Waals surface area (Å²) < 4.78 is 61.2. The first-order valence-electron chi connectivity index (χ1n) is 6.13. The van der Waals surface area contributed by atoms with Gasteiger partial charge >= 0.3 is 12.1 Å². The molecule has 1 unspecified atom stereocenters. The molecule has 3 nitrogen and oxygen atoms in total. The smallest absolute Gasteiger partial charge is 0.349 e. The predicted molar refractivity (Wildman–Crippen MR) is 58.9 cm³/mol. The van der Waals surface area contributed by atoms with Gasteiger partial charge in [0.1, 0.15) is 0 Å². The van der Waals surface area contributed by atoms with E-state index in [1.807, 2.05) is 4.90 Å². The molecule has 1 fully saturated rings. The van der Waals surface area contributed by atoms with Crippen molar-refractivity contribution in [1.82, 2.24) is 10.2 Å².